The molecule has 0 saturated carbocycles. The first kappa shape index (κ1) is 31.0. The summed E-state index contributed by atoms with van der Waals surface area (Å²) >= 11 is 0. The van der Waals surface area contributed by atoms with Crippen LogP contribution in [0.1, 0.15) is 63.0 Å². The molecule has 42 heavy (non-hydrogen) atoms. The summed E-state index contributed by atoms with van der Waals surface area (Å²) in [6, 6.07) is 20.7. The molecule has 0 atom stereocenters. The van der Waals surface area contributed by atoms with Gasteiger partial charge < -0.3 is 29.4 Å². The van der Waals surface area contributed by atoms with Crippen molar-refractivity contribution in [1.29, 1.82) is 0 Å². The second-order valence-corrected chi connectivity index (χ2v) is 10.5. The molecule has 0 aliphatic heterocycles. The van der Waals surface area contributed by atoms with Crippen LogP contribution in [0, 0.1) is 0 Å². The number of carboxylic acids is 1. The van der Waals surface area contributed by atoms with Gasteiger partial charge in [-0.1, -0.05) is 37.1 Å². The number of fused-ring (bicyclic) bond motifs is 1. The quantitative estimate of drug-likeness (QED) is 0.1000. The Kier molecular flexibility index (Phi) is 12.1. The number of carbonyl (C=O) groups is 1. The lowest BCUT2D eigenvalue weighted by Crippen LogP contribution is -2.06. The molecular weight excluding hydrogens is 530 g/mol. The minimum Gasteiger partial charge on any atom is -0.494 e. The van der Waals surface area contributed by atoms with Crippen LogP contribution in [0.5, 0.6) is 17.2 Å². The standard InChI is InChI=1S/C35H43NO6/c1-2-40-30-22-29(28-16-15-27-17-18-36-33(27)24-28)23-31(25-30)41-20-6-4-3-5-10-26-11-7-13-34(32(26)12-8-19-37)42-21-9-14-35(38)39/h7,11,13,15-18,22-25,36-37H,2-6,8-10,12,14,19-21H2,1H3,(H,38,39). The molecule has 0 spiro atoms. The van der Waals surface area contributed by atoms with E-state index < -0.39 is 5.97 Å². The fourth-order valence-corrected chi connectivity index (χ4v) is 5.19. The molecule has 4 aromatic rings. The van der Waals surface area contributed by atoms with Crippen molar-refractivity contribution in [2.45, 2.75) is 64.7 Å². The summed E-state index contributed by atoms with van der Waals surface area (Å²) in [7, 11) is 0. The molecule has 7 nitrogen and oxygen atoms in total. The van der Waals surface area contributed by atoms with Crippen molar-refractivity contribution in [3.05, 3.63) is 78.0 Å². The average Bonchev–Trinajstić information content (AvgIpc) is 3.46. The van der Waals surface area contributed by atoms with Crippen LogP contribution >= 0.6 is 0 Å². The number of carboxylic acid groups (broad SMARTS) is 1. The summed E-state index contributed by atoms with van der Waals surface area (Å²) in [6.07, 6.45) is 9.06. The summed E-state index contributed by atoms with van der Waals surface area (Å²) in [4.78, 5) is 14.1. The van der Waals surface area contributed by atoms with Gasteiger partial charge in [0.1, 0.15) is 17.2 Å². The molecule has 0 fully saturated rings. The van der Waals surface area contributed by atoms with Crippen molar-refractivity contribution >= 4 is 16.9 Å². The average molecular weight is 574 g/mol. The maximum Gasteiger partial charge on any atom is 0.303 e. The number of ether oxygens (including phenoxy) is 3. The van der Waals surface area contributed by atoms with E-state index in [4.69, 9.17) is 19.3 Å². The summed E-state index contributed by atoms with van der Waals surface area (Å²) in [5.41, 5.74) is 5.66. The van der Waals surface area contributed by atoms with Crippen molar-refractivity contribution in [1.82, 2.24) is 4.98 Å². The number of unbranched alkanes of at least 4 members (excludes halogenated alkanes) is 3. The minimum absolute atomic E-state index is 0.0960. The summed E-state index contributed by atoms with van der Waals surface area (Å²) < 4.78 is 17.9. The number of nitrogens with one attached hydrogen (secondary N) is 1. The number of aromatic amines is 1. The van der Waals surface area contributed by atoms with Crippen LogP contribution in [0.2, 0.25) is 0 Å². The Labute approximate surface area is 248 Å². The van der Waals surface area contributed by atoms with Gasteiger partial charge in [0.25, 0.3) is 0 Å². The number of aliphatic carboxylic acids is 1. The van der Waals surface area contributed by atoms with Gasteiger partial charge >= 0.3 is 5.97 Å². The minimum atomic E-state index is -0.812. The number of hydrogen-bond acceptors (Lipinski definition) is 5. The van der Waals surface area contributed by atoms with E-state index in [0.717, 1.165) is 78.0 Å². The molecule has 3 N–H and O–H groups in total. The first-order valence-corrected chi connectivity index (χ1v) is 15.1. The lowest BCUT2D eigenvalue weighted by Gasteiger charge is -2.16. The van der Waals surface area contributed by atoms with Crippen LogP contribution in [0.4, 0.5) is 0 Å². The highest BCUT2D eigenvalue weighted by Gasteiger charge is 2.11. The lowest BCUT2D eigenvalue weighted by atomic mass is 9.97. The van der Waals surface area contributed by atoms with Gasteiger partial charge in [-0.3, -0.25) is 4.79 Å². The fourth-order valence-electron chi connectivity index (χ4n) is 5.19. The highest BCUT2D eigenvalue weighted by Crippen LogP contribution is 2.32. The van der Waals surface area contributed by atoms with E-state index in [2.05, 4.69) is 47.4 Å². The van der Waals surface area contributed by atoms with E-state index in [-0.39, 0.29) is 13.0 Å². The molecule has 4 rings (SSSR count). The third kappa shape index (κ3) is 9.28. The fraction of sp³-hybridized carbons (Fsp3) is 0.400. The Morgan fingerprint density at radius 2 is 1.60 bits per heavy atom. The van der Waals surface area contributed by atoms with E-state index in [1.54, 1.807) is 0 Å². The van der Waals surface area contributed by atoms with Crippen LogP contribution in [0.3, 0.4) is 0 Å². The second kappa shape index (κ2) is 16.5. The van der Waals surface area contributed by atoms with Gasteiger partial charge in [-0.2, -0.15) is 0 Å². The smallest absolute Gasteiger partial charge is 0.303 e. The maximum atomic E-state index is 10.8. The highest BCUT2D eigenvalue weighted by atomic mass is 16.5. The number of rotatable bonds is 19. The number of H-pyrrole nitrogens is 1. The second-order valence-electron chi connectivity index (χ2n) is 10.5. The topological polar surface area (TPSA) is 101 Å². The zero-order valence-corrected chi connectivity index (χ0v) is 24.6. The number of aliphatic hydroxyl groups excluding tert-OH is 1. The van der Waals surface area contributed by atoms with Gasteiger partial charge in [0, 0.05) is 30.8 Å². The van der Waals surface area contributed by atoms with Gasteiger partial charge in [0.05, 0.1) is 19.8 Å². The van der Waals surface area contributed by atoms with Gasteiger partial charge in [-0.25, -0.2) is 0 Å². The van der Waals surface area contributed by atoms with Crippen molar-refractivity contribution in [3.63, 3.8) is 0 Å². The molecule has 0 saturated heterocycles. The molecule has 0 radical (unpaired) electrons. The molecule has 0 unspecified atom stereocenters. The largest absolute Gasteiger partial charge is 0.494 e. The molecule has 224 valence electrons. The van der Waals surface area contributed by atoms with E-state index in [1.165, 1.54) is 10.9 Å². The Morgan fingerprint density at radius 1 is 0.786 bits per heavy atom. The first-order chi connectivity index (χ1) is 20.6. The highest BCUT2D eigenvalue weighted by molar-refractivity contribution is 5.85. The normalized spacial score (nSPS) is 11.1. The molecule has 7 heteroatoms. The van der Waals surface area contributed by atoms with Crippen molar-refractivity contribution in [3.8, 4) is 28.4 Å². The predicted molar refractivity (Wildman–Crippen MR) is 167 cm³/mol. The van der Waals surface area contributed by atoms with Gasteiger partial charge in [-0.15, -0.1) is 0 Å². The Hall–Kier alpha value is -3.97. The van der Waals surface area contributed by atoms with Crippen molar-refractivity contribution in [2.24, 2.45) is 0 Å². The Balaban J connectivity index is 1.26. The van der Waals surface area contributed by atoms with Crippen molar-refractivity contribution < 1.29 is 29.2 Å². The first-order valence-electron chi connectivity index (χ1n) is 15.1. The number of aryl methyl sites for hydroxylation is 1. The van der Waals surface area contributed by atoms with Crippen LogP contribution < -0.4 is 14.2 Å². The zero-order chi connectivity index (χ0) is 29.6. The molecule has 0 aliphatic rings. The van der Waals surface area contributed by atoms with Crippen LogP contribution in [-0.2, 0) is 17.6 Å². The SMILES string of the molecule is CCOc1cc(OCCCCCCc2cccc(OCCCC(=O)O)c2CCCO)cc(-c2ccc3cc[nH]c3c2)c1. The molecule has 0 aliphatic carbocycles. The molecule has 0 bridgehead atoms. The zero-order valence-electron chi connectivity index (χ0n) is 24.6. The lowest BCUT2D eigenvalue weighted by molar-refractivity contribution is -0.137. The summed E-state index contributed by atoms with van der Waals surface area (Å²) in [6.45, 7) is 3.73. The summed E-state index contributed by atoms with van der Waals surface area (Å²) in [5.74, 6) is 1.62. The van der Waals surface area contributed by atoms with Gasteiger partial charge in [0.15, 0.2) is 0 Å². The number of benzene rings is 3. The maximum absolute atomic E-state index is 10.8. The van der Waals surface area contributed by atoms with Gasteiger partial charge in [-0.05, 0) is 103 Å². The predicted octanol–water partition coefficient (Wildman–Crippen LogP) is 7.58. The third-order valence-corrected chi connectivity index (χ3v) is 7.30. The monoisotopic (exact) mass is 573 g/mol. The van der Waals surface area contributed by atoms with E-state index in [1.807, 2.05) is 31.3 Å². The van der Waals surface area contributed by atoms with Crippen molar-refractivity contribution in [2.75, 3.05) is 26.4 Å². The summed E-state index contributed by atoms with van der Waals surface area (Å²) in [5, 5.41) is 19.4. The molecule has 1 aromatic heterocycles. The number of aliphatic hydroxyl groups is 1. The van der Waals surface area contributed by atoms with E-state index >= 15 is 0 Å². The van der Waals surface area contributed by atoms with Crippen LogP contribution in [-0.4, -0.2) is 47.6 Å². The van der Waals surface area contributed by atoms with Crippen LogP contribution in [0.15, 0.2) is 66.9 Å². The molecule has 1 heterocycles. The van der Waals surface area contributed by atoms with E-state index in [0.29, 0.717) is 32.7 Å². The Bertz CT molecular complexity index is 1410. The number of hydrogen-bond donors (Lipinski definition) is 3. The molecule has 0 amide bonds. The molecular formula is C35H43NO6. The van der Waals surface area contributed by atoms with E-state index in [9.17, 15) is 9.90 Å². The van der Waals surface area contributed by atoms with Crippen LogP contribution in [0.25, 0.3) is 22.0 Å². The number of aromatic nitrogens is 1. The van der Waals surface area contributed by atoms with Gasteiger partial charge in [0.2, 0.25) is 0 Å². The Morgan fingerprint density at radius 3 is 2.40 bits per heavy atom. The molecule has 3 aromatic carbocycles. The third-order valence-electron chi connectivity index (χ3n) is 7.30.